The highest BCUT2D eigenvalue weighted by Crippen LogP contribution is 2.12. The van der Waals surface area contributed by atoms with Crippen LogP contribution in [0.4, 0.5) is 0 Å². The lowest BCUT2D eigenvalue weighted by Gasteiger charge is -2.05. The predicted octanol–water partition coefficient (Wildman–Crippen LogP) is 4.34. The zero-order chi connectivity index (χ0) is 13.0. The molecule has 0 aliphatic rings. The van der Waals surface area contributed by atoms with Crippen LogP contribution in [-0.2, 0) is 12.8 Å². The van der Waals surface area contributed by atoms with E-state index >= 15 is 0 Å². The quantitative estimate of drug-likeness (QED) is 0.843. The number of rotatable bonds is 4. The zero-order valence-corrected chi connectivity index (χ0v) is 11.8. The first-order valence-corrected chi connectivity index (χ1v) is 6.79. The van der Waals surface area contributed by atoms with E-state index in [9.17, 15) is 0 Å². The third-order valence-corrected chi connectivity index (χ3v) is 3.11. The maximum atomic E-state index is 5.87. The number of halogens is 1. The number of aryl methyl sites for hydroxylation is 1. The monoisotopic (exact) mass is 278 g/mol. The van der Waals surface area contributed by atoms with Gasteiger partial charge in [0.15, 0.2) is 0 Å². The van der Waals surface area contributed by atoms with Crippen LogP contribution in [0, 0.1) is 4.64 Å². The van der Waals surface area contributed by atoms with Crippen molar-refractivity contribution in [3.63, 3.8) is 0 Å². The van der Waals surface area contributed by atoms with Crippen LogP contribution < -0.4 is 0 Å². The van der Waals surface area contributed by atoms with E-state index in [4.69, 9.17) is 23.8 Å². The zero-order valence-electron chi connectivity index (χ0n) is 10.2. The van der Waals surface area contributed by atoms with Gasteiger partial charge in [-0.1, -0.05) is 49.3 Å². The van der Waals surface area contributed by atoms with Gasteiger partial charge in [-0.15, -0.1) is 0 Å². The maximum Gasteiger partial charge on any atom is 0.130 e. The Kier molecular flexibility index (Phi) is 4.50. The first-order chi connectivity index (χ1) is 8.67. The van der Waals surface area contributed by atoms with Crippen molar-refractivity contribution in [1.82, 2.24) is 9.97 Å². The molecule has 18 heavy (non-hydrogen) atoms. The molecule has 1 aromatic heterocycles. The Labute approximate surface area is 117 Å². The third-order valence-electron chi connectivity index (χ3n) is 2.65. The molecule has 0 spiro atoms. The van der Waals surface area contributed by atoms with Gasteiger partial charge in [0.1, 0.15) is 10.5 Å². The fourth-order valence-electron chi connectivity index (χ4n) is 1.85. The van der Waals surface area contributed by atoms with Gasteiger partial charge in [-0.05, 0) is 30.2 Å². The summed E-state index contributed by atoms with van der Waals surface area (Å²) < 4.78 is 0.654. The molecular weight excluding hydrogens is 264 g/mol. The second kappa shape index (κ2) is 6.12. The van der Waals surface area contributed by atoms with Crippen molar-refractivity contribution in [3.05, 3.63) is 57.1 Å². The molecule has 0 aliphatic heterocycles. The predicted molar refractivity (Wildman–Crippen MR) is 77.7 cm³/mol. The SMILES string of the molecule is CCCc1cc(=S)nc(Cc2ccc(Cl)cc2)[nH]1. The summed E-state index contributed by atoms with van der Waals surface area (Å²) in [7, 11) is 0. The van der Waals surface area contributed by atoms with Crippen LogP contribution in [-0.4, -0.2) is 9.97 Å². The minimum atomic E-state index is 0.654. The van der Waals surface area contributed by atoms with E-state index in [1.54, 1.807) is 0 Å². The molecule has 0 radical (unpaired) electrons. The van der Waals surface area contributed by atoms with Crippen molar-refractivity contribution < 1.29 is 0 Å². The summed E-state index contributed by atoms with van der Waals surface area (Å²) in [5.41, 5.74) is 2.33. The summed E-state index contributed by atoms with van der Waals surface area (Å²) in [6.07, 6.45) is 2.84. The smallest absolute Gasteiger partial charge is 0.130 e. The third kappa shape index (κ3) is 3.65. The Balaban J connectivity index is 2.23. The van der Waals surface area contributed by atoms with Crippen LogP contribution in [0.25, 0.3) is 0 Å². The lowest BCUT2D eigenvalue weighted by Crippen LogP contribution is -2.00. The van der Waals surface area contributed by atoms with Crippen molar-refractivity contribution in [3.8, 4) is 0 Å². The maximum absolute atomic E-state index is 5.87. The Bertz CT molecular complexity index is 575. The van der Waals surface area contributed by atoms with E-state index in [2.05, 4.69) is 16.9 Å². The van der Waals surface area contributed by atoms with E-state index in [1.165, 1.54) is 5.56 Å². The molecule has 0 unspecified atom stereocenters. The van der Waals surface area contributed by atoms with Crippen molar-refractivity contribution in [2.45, 2.75) is 26.2 Å². The highest BCUT2D eigenvalue weighted by molar-refractivity contribution is 7.71. The Morgan fingerprint density at radius 2 is 2.00 bits per heavy atom. The van der Waals surface area contributed by atoms with Gasteiger partial charge in [0.05, 0.1) is 0 Å². The van der Waals surface area contributed by atoms with Crippen LogP contribution in [0.3, 0.4) is 0 Å². The molecule has 0 aliphatic carbocycles. The van der Waals surface area contributed by atoms with E-state index in [-0.39, 0.29) is 0 Å². The number of nitrogens with one attached hydrogen (secondary N) is 1. The molecule has 0 amide bonds. The molecule has 94 valence electrons. The Morgan fingerprint density at radius 3 is 2.67 bits per heavy atom. The highest BCUT2D eigenvalue weighted by atomic mass is 35.5. The largest absolute Gasteiger partial charge is 0.347 e. The summed E-state index contributed by atoms with van der Waals surface area (Å²) in [4.78, 5) is 7.70. The molecule has 4 heteroatoms. The Hall–Kier alpha value is -1.19. The fraction of sp³-hybridized carbons (Fsp3) is 0.286. The molecule has 0 saturated carbocycles. The van der Waals surface area contributed by atoms with E-state index in [1.807, 2.05) is 30.3 Å². The molecule has 0 bridgehead atoms. The second-order valence-corrected chi connectivity index (χ2v) is 5.10. The minimum absolute atomic E-state index is 0.654. The number of benzene rings is 1. The highest BCUT2D eigenvalue weighted by Gasteiger charge is 2.01. The molecule has 0 atom stereocenters. The first-order valence-electron chi connectivity index (χ1n) is 6.01. The standard InChI is InChI=1S/C14H15ClN2S/c1-2-3-12-9-14(18)17-13(16-12)8-10-4-6-11(15)7-5-10/h4-7,9H,2-3,8H2,1H3,(H,16,17,18). The van der Waals surface area contributed by atoms with Gasteiger partial charge < -0.3 is 4.98 Å². The lowest BCUT2D eigenvalue weighted by molar-refractivity contribution is 0.838. The van der Waals surface area contributed by atoms with Crippen LogP contribution in [0.1, 0.15) is 30.4 Å². The molecule has 0 fully saturated rings. The fourth-order valence-corrected chi connectivity index (χ4v) is 2.23. The van der Waals surface area contributed by atoms with Crippen molar-refractivity contribution in [1.29, 1.82) is 0 Å². The van der Waals surface area contributed by atoms with Crippen LogP contribution in [0.15, 0.2) is 30.3 Å². The number of H-pyrrole nitrogens is 1. The van der Waals surface area contributed by atoms with Crippen LogP contribution >= 0.6 is 23.8 Å². The molecular formula is C14H15ClN2S. The van der Waals surface area contributed by atoms with Crippen molar-refractivity contribution in [2.75, 3.05) is 0 Å². The van der Waals surface area contributed by atoms with E-state index in [0.717, 1.165) is 35.8 Å². The lowest BCUT2D eigenvalue weighted by atomic mass is 10.1. The van der Waals surface area contributed by atoms with Gasteiger partial charge in [-0.25, -0.2) is 4.98 Å². The average molecular weight is 279 g/mol. The molecule has 1 N–H and O–H groups in total. The van der Waals surface area contributed by atoms with Gasteiger partial charge >= 0.3 is 0 Å². The first kappa shape index (κ1) is 13.2. The summed E-state index contributed by atoms with van der Waals surface area (Å²) in [5.74, 6) is 0.910. The Morgan fingerprint density at radius 1 is 1.28 bits per heavy atom. The molecule has 2 nitrogen and oxygen atoms in total. The summed E-state index contributed by atoms with van der Waals surface area (Å²) >= 11 is 11.1. The van der Waals surface area contributed by atoms with Crippen molar-refractivity contribution >= 4 is 23.8 Å². The van der Waals surface area contributed by atoms with Crippen molar-refractivity contribution in [2.24, 2.45) is 0 Å². The topological polar surface area (TPSA) is 28.7 Å². The number of aromatic nitrogens is 2. The van der Waals surface area contributed by atoms with Gasteiger partial charge in [0.2, 0.25) is 0 Å². The summed E-state index contributed by atoms with van der Waals surface area (Å²) in [6, 6.07) is 9.73. The summed E-state index contributed by atoms with van der Waals surface area (Å²) in [6.45, 7) is 2.15. The number of aromatic amines is 1. The molecule has 1 aromatic carbocycles. The average Bonchev–Trinajstić information content (AvgIpc) is 2.32. The molecule has 0 saturated heterocycles. The number of hydrogen-bond acceptors (Lipinski definition) is 2. The molecule has 2 rings (SSSR count). The van der Waals surface area contributed by atoms with Gasteiger partial charge in [0.25, 0.3) is 0 Å². The molecule has 2 aromatic rings. The van der Waals surface area contributed by atoms with Gasteiger partial charge in [-0.3, -0.25) is 0 Å². The summed E-state index contributed by atoms with van der Waals surface area (Å²) in [5, 5.41) is 0.749. The van der Waals surface area contributed by atoms with E-state index in [0.29, 0.717) is 4.64 Å². The van der Waals surface area contributed by atoms with E-state index < -0.39 is 0 Å². The second-order valence-electron chi connectivity index (χ2n) is 4.24. The number of hydrogen-bond donors (Lipinski definition) is 1. The van der Waals surface area contributed by atoms with Crippen LogP contribution in [0.2, 0.25) is 5.02 Å². The number of nitrogens with zero attached hydrogens (tertiary/aromatic N) is 1. The van der Waals surface area contributed by atoms with Gasteiger partial charge in [0, 0.05) is 17.1 Å². The normalized spacial score (nSPS) is 10.6. The van der Waals surface area contributed by atoms with Crippen LogP contribution in [0.5, 0.6) is 0 Å². The minimum Gasteiger partial charge on any atom is -0.347 e. The molecule has 1 heterocycles. The van der Waals surface area contributed by atoms with Gasteiger partial charge in [-0.2, -0.15) is 0 Å².